The summed E-state index contributed by atoms with van der Waals surface area (Å²) < 4.78 is 1.09. The van der Waals surface area contributed by atoms with E-state index < -0.39 is 0 Å². The summed E-state index contributed by atoms with van der Waals surface area (Å²) in [7, 11) is 0. The van der Waals surface area contributed by atoms with Gasteiger partial charge in [-0.2, -0.15) is 0 Å². The minimum absolute atomic E-state index is 0.00262. The summed E-state index contributed by atoms with van der Waals surface area (Å²) in [6, 6.07) is 6.16. The Balaban J connectivity index is 2.11. The molecule has 0 saturated heterocycles. The highest BCUT2D eigenvalue weighted by Gasteiger charge is 2.43. The summed E-state index contributed by atoms with van der Waals surface area (Å²) in [6.07, 6.45) is 2.72. The lowest BCUT2D eigenvalue weighted by Gasteiger charge is -2.08. The Morgan fingerprint density at radius 1 is 1.47 bits per heavy atom. The Kier molecular flexibility index (Phi) is 2.72. The first-order valence-corrected chi connectivity index (χ1v) is 6.09. The van der Waals surface area contributed by atoms with Gasteiger partial charge in [0, 0.05) is 16.3 Å². The van der Waals surface area contributed by atoms with Gasteiger partial charge in [0.05, 0.1) is 0 Å². The lowest BCUT2D eigenvalue weighted by Crippen LogP contribution is -2.14. The Hall–Kier alpha value is -0.630. The molecule has 1 aromatic carbocycles. The molecule has 0 radical (unpaired) electrons. The standard InChI is InChI=1S/C13H15BrO/c1-9-3-4-10(7-11(9)14)8-12(15)13(2)5-6-13/h3-4,7H,5-6,8H2,1-2H3. The van der Waals surface area contributed by atoms with Gasteiger partial charge in [0.25, 0.3) is 0 Å². The molecule has 0 bridgehead atoms. The average Bonchev–Trinajstić information content (AvgIpc) is 2.92. The molecule has 0 spiro atoms. The molecule has 1 fully saturated rings. The van der Waals surface area contributed by atoms with Gasteiger partial charge in [-0.1, -0.05) is 35.0 Å². The smallest absolute Gasteiger partial charge is 0.143 e. The molecule has 0 aromatic heterocycles. The van der Waals surface area contributed by atoms with Crippen LogP contribution in [0.2, 0.25) is 0 Å². The van der Waals surface area contributed by atoms with E-state index in [1.54, 1.807) is 0 Å². The van der Waals surface area contributed by atoms with Crippen LogP contribution in [-0.2, 0) is 11.2 Å². The number of benzene rings is 1. The SMILES string of the molecule is Cc1ccc(CC(=O)C2(C)CC2)cc1Br. The van der Waals surface area contributed by atoms with E-state index in [0.29, 0.717) is 12.2 Å². The van der Waals surface area contributed by atoms with E-state index in [1.165, 1.54) is 5.56 Å². The number of carbonyl (C=O) groups excluding carboxylic acids is 1. The number of halogens is 1. The fourth-order valence-corrected chi connectivity index (χ4v) is 2.04. The Morgan fingerprint density at radius 3 is 2.67 bits per heavy atom. The molecule has 0 heterocycles. The van der Waals surface area contributed by atoms with Gasteiger partial charge in [0.15, 0.2) is 0 Å². The molecule has 1 aliphatic carbocycles. The van der Waals surface area contributed by atoms with Crippen molar-refractivity contribution in [2.45, 2.75) is 33.1 Å². The highest BCUT2D eigenvalue weighted by atomic mass is 79.9. The molecule has 1 nitrogen and oxygen atoms in total. The molecule has 15 heavy (non-hydrogen) atoms. The molecule has 2 heteroatoms. The zero-order valence-corrected chi connectivity index (χ0v) is 10.7. The lowest BCUT2D eigenvalue weighted by molar-refractivity contribution is -0.122. The Bertz CT molecular complexity index is 405. The van der Waals surface area contributed by atoms with Crippen LogP contribution >= 0.6 is 15.9 Å². The maximum atomic E-state index is 11.9. The molecule has 1 aromatic rings. The number of ketones is 1. The van der Waals surface area contributed by atoms with Crippen molar-refractivity contribution in [1.82, 2.24) is 0 Å². The van der Waals surface area contributed by atoms with Crippen LogP contribution in [0.3, 0.4) is 0 Å². The maximum Gasteiger partial charge on any atom is 0.143 e. The first kappa shape index (κ1) is 10.9. The van der Waals surface area contributed by atoms with Gasteiger partial charge in [0.2, 0.25) is 0 Å². The molecule has 80 valence electrons. The number of hydrogen-bond donors (Lipinski definition) is 0. The van der Waals surface area contributed by atoms with E-state index in [1.807, 2.05) is 6.07 Å². The number of rotatable bonds is 3. The predicted molar refractivity (Wildman–Crippen MR) is 64.9 cm³/mol. The molecule has 0 N–H and O–H groups in total. The average molecular weight is 267 g/mol. The van der Waals surface area contributed by atoms with Crippen molar-refractivity contribution in [3.63, 3.8) is 0 Å². The monoisotopic (exact) mass is 266 g/mol. The zero-order valence-electron chi connectivity index (χ0n) is 9.14. The van der Waals surface area contributed by atoms with Crippen molar-refractivity contribution in [2.24, 2.45) is 5.41 Å². The first-order chi connectivity index (χ1) is 7.01. The van der Waals surface area contributed by atoms with Crippen molar-refractivity contribution in [2.75, 3.05) is 0 Å². The molecule has 0 unspecified atom stereocenters. The summed E-state index contributed by atoms with van der Waals surface area (Å²) in [5.74, 6) is 0.387. The molecule has 0 atom stereocenters. The number of Topliss-reactive ketones (excluding diaryl/α,β-unsaturated/α-hetero) is 1. The highest BCUT2D eigenvalue weighted by Crippen LogP contribution is 2.46. The highest BCUT2D eigenvalue weighted by molar-refractivity contribution is 9.10. The Labute approximate surface area is 99.0 Å². The van der Waals surface area contributed by atoms with E-state index in [2.05, 4.69) is 41.9 Å². The Morgan fingerprint density at radius 2 is 2.13 bits per heavy atom. The predicted octanol–water partition coefficient (Wildman–Crippen LogP) is 3.67. The zero-order chi connectivity index (χ0) is 11.1. The van der Waals surface area contributed by atoms with E-state index in [9.17, 15) is 4.79 Å². The van der Waals surface area contributed by atoms with Crippen molar-refractivity contribution < 1.29 is 4.79 Å². The molecule has 2 rings (SSSR count). The molecular formula is C13H15BrO. The summed E-state index contributed by atoms with van der Waals surface area (Å²) in [6.45, 7) is 4.12. The summed E-state index contributed by atoms with van der Waals surface area (Å²) >= 11 is 3.49. The number of hydrogen-bond acceptors (Lipinski definition) is 1. The molecule has 0 amide bonds. The van der Waals surface area contributed by atoms with Crippen LogP contribution in [0.25, 0.3) is 0 Å². The van der Waals surface area contributed by atoms with Crippen LogP contribution in [0.15, 0.2) is 22.7 Å². The van der Waals surface area contributed by atoms with Gasteiger partial charge in [-0.3, -0.25) is 4.79 Å². The van der Waals surface area contributed by atoms with Crippen molar-refractivity contribution in [3.05, 3.63) is 33.8 Å². The van der Waals surface area contributed by atoms with Crippen molar-refractivity contribution in [1.29, 1.82) is 0 Å². The summed E-state index contributed by atoms with van der Waals surface area (Å²) in [5.41, 5.74) is 2.33. The largest absolute Gasteiger partial charge is 0.299 e. The second kappa shape index (κ2) is 3.75. The summed E-state index contributed by atoms with van der Waals surface area (Å²) in [5, 5.41) is 0. The topological polar surface area (TPSA) is 17.1 Å². The van der Waals surface area contributed by atoms with Gasteiger partial charge < -0.3 is 0 Å². The number of carbonyl (C=O) groups is 1. The van der Waals surface area contributed by atoms with Crippen LogP contribution in [0.5, 0.6) is 0 Å². The lowest BCUT2D eigenvalue weighted by atomic mass is 9.97. The minimum atomic E-state index is -0.00262. The molecule has 0 aliphatic heterocycles. The van der Waals surface area contributed by atoms with E-state index in [0.717, 1.165) is 22.9 Å². The maximum absolute atomic E-state index is 11.9. The van der Waals surface area contributed by atoms with Gasteiger partial charge in [-0.15, -0.1) is 0 Å². The number of aryl methyl sites for hydroxylation is 1. The van der Waals surface area contributed by atoms with E-state index in [4.69, 9.17) is 0 Å². The van der Waals surface area contributed by atoms with Crippen LogP contribution in [0.1, 0.15) is 30.9 Å². The molecular weight excluding hydrogens is 252 g/mol. The van der Waals surface area contributed by atoms with Crippen LogP contribution < -0.4 is 0 Å². The van der Waals surface area contributed by atoms with Crippen molar-refractivity contribution >= 4 is 21.7 Å². The van der Waals surface area contributed by atoms with Gasteiger partial charge in [0.1, 0.15) is 5.78 Å². The van der Waals surface area contributed by atoms with Gasteiger partial charge in [-0.25, -0.2) is 0 Å². The normalized spacial score (nSPS) is 17.5. The second-order valence-corrected chi connectivity index (χ2v) is 5.60. The molecule has 1 saturated carbocycles. The third kappa shape index (κ3) is 2.31. The summed E-state index contributed by atoms with van der Waals surface area (Å²) in [4.78, 5) is 11.9. The minimum Gasteiger partial charge on any atom is -0.299 e. The first-order valence-electron chi connectivity index (χ1n) is 5.30. The van der Waals surface area contributed by atoms with Crippen LogP contribution in [0, 0.1) is 12.3 Å². The van der Waals surface area contributed by atoms with Gasteiger partial charge >= 0.3 is 0 Å². The third-order valence-electron chi connectivity index (χ3n) is 3.27. The fourth-order valence-electron chi connectivity index (χ4n) is 1.61. The van der Waals surface area contributed by atoms with Crippen molar-refractivity contribution in [3.8, 4) is 0 Å². The molecule has 1 aliphatic rings. The van der Waals surface area contributed by atoms with Gasteiger partial charge in [-0.05, 0) is 37.0 Å². The van der Waals surface area contributed by atoms with E-state index >= 15 is 0 Å². The fraction of sp³-hybridized carbons (Fsp3) is 0.462. The second-order valence-electron chi connectivity index (χ2n) is 4.74. The third-order valence-corrected chi connectivity index (χ3v) is 4.13. The van der Waals surface area contributed by atoms with Crippen LogP contribution in [0.4, 0.5) is 0 Å². The van der Waals surface area contributed by atoms with Crippen LogP contribution in [-0.4, -0.2) is 5.78 Å². The van der Waals surface area contributed by atoms with E-state index in [-0.39, 0.29) is 5.41 Å². The quantitative estimate of drug-likeness (QED) is 0.816.